The van der Waals surface area contributed by atoms with E-state index in [1.807, 2.05) is 24.5 Å². The minimum atomic E-state index is -0.0558. The number of nitrogens with zero attached hydrogens (tertiary/aromatic N) is 2. The maximum absolute atomic E-state index is 5.07. The van der Waals surface area contributed by atoms with Crippen LogP contribution in [0.5, 0.6) is 0 Å². The molecule has 0 radical (unpaired) electrons. The van der Waals surface area contributed by atoms with Crippen LogP contribution < -0.4 is 0 Å². The molecule has 6 aromatic carbocycles. The standard InChI is InChI=1S/C43H30N2/c1-43(2)37-17-9-8-12-31(37)32-21-19-28(24-38(32)43)41-33-13-4-6-15-35(33)42(36-16-7-5-14-34(36)41)40-22-20-29(25-45-40)30-23-27-11-3-10-18-39(27)44-26-30/h3-26H,1-2H3. The predicted octanol–water partition coefficient (Wildman–Crippen LogP) is 11.2. The first-order chi connectivity index (χ1) is 22.1. The Kier molecular flexibility index (Phi) is 5.58. The van der Waals surface area contributed by atoms with Gasteiger partial charge in [0.25, 0.3) is 0 Å². The van der Waals surface area contributed by atoms with Gasteiger partial charge in [-0.15, -0.1) is 0 Å². The van der Waals surface area contributed by atoms with Crippen LogP contribution in [0.1, 0.15) is 25.0 Å². The maximum atomic E-state index is 5.07. The van der Waals surface area contributed by atoms with Gasteiger partial charge in [0.1, 0.15) is 0 Å². The van der Waals surface area contributed by atoms with Crippen LogP contribution in [0, 0.1) is 0 Å². The maximum Gasteiger partial charge on any atom is 0.0714 e. The van der Waals surface area contributed by atoms with E-state index in [0.29, 0.717) is 0 Å². The summed E-state index contributed by atoms with van der Waals surface area (Å²) in [6.07, 6.45) is 3.92. The summed E-state index contributed by atoms with van der Waals surface area (Å²) in [5.74, 6) is 0. The fourth-order valence-electron chi connectivity index (χ4n) is 7.52. The highest BCUT2D eigenvalue weighted by Crippen LogP contribution is 2.51. The van der Waals surface area contributed by atoms with E-state index >= 15 is 0 Å². The minimum absolute atomic E-state index is 0.0558. The molecule has 2 heteroatoms. The lowest BCUT2D eigenvalue weighted by molar-refractivity contribution is 0.660. The molecule has 1 aliphatic rings. The van der Waals surface area contributed by atoms with Crippen LogP contribution in [0.2, 0.25) is 0 Å². The van der Waals surface area contributed by atoms with E-state index in [2.05, 4.69) is 140 Å². The number of pyridine rings is 2. The molecule has 0 bridgehead atoms. The van der Waals surface area contributed by atoms with Gasteiger partial charge in [-0.1, -0.05) is 123 Å². The van der Waals surface area contributed by atoms with Gasteiger partial charge in [0.2, 0.25) is 0 Å². The second-order valence-corrected chi connectivity index (χ2v) is 12.6. The Bertz CT molecular complexity index is 2390. The number of rotatable bonds is 3. The molecule has 2 heterocycles. The molecule has 0 saturated heterocycles. The average molecular weight is 575 g/mol. The summed E-state index contributed by atoms with van der Waals surface area (Å²) in [6.45, 7) is 4.70. The summed E-state index contributed by atoms with van der Waals surface area (Å²) in [5, 5.41) is 6.03. The fourth-order valence-corrected chi connectivity index (χ4v) is 7.52. The van der Waals surface area contributed by atoms with Crippen LogP contribution in [0.4, 0.5) is 0 Å². The van der Waals surface area contributed by atoms with E-state index in [-0.39, 0.29) is 5.41 Å². The van der Waals surface area contributed by atoms with Gasteiger partial charge < -0.3 is 0 Å². The third-order valence-corrected chi connectivity index (χ3v) is 9.75. The summed E-state index contributed by atoms with van der Waals surface area (Å²) in [4.78, 5) is 9.74. The first kappa shape index (κ1) is 25.9. The van der Waals surface area contributed by atoms with Crippen LogP contribution in [-0.2, 0) is 5.41 Å². The second-order valence-electron chi connectivity index (χ2n) is 12.6. The Hall–Kier alpha value is -5.60. The van der Waals surface area contributed by atoms with E-state index in [4.69, 9.17) is 4.98 Å². The summed E-state index contributed by atoms with van der Waals surface area (Å²) in [5.41, 5.74) is 13.2. The first-order valence-corrected chi connectivity index (χ1v) is 15.6. The van der Waals surface area contributed by atoms with Gasteiger partial charge in [-0.3, -0.25) is 9.97 Å². The lowest BCUT2D eigenvalue weighted by atomic mass is 9.80. The molecule has 9 rings (SSSR count). The molecule has 0 fully saturated rings. The van der Waals surface area contributed by atoms with Gasteiger partial charge in [-0.2, -0.15) is 0 Å². The van der Waals surface area contributed by atoms with Crippen molar-refractivity contribution in [1.82, 2.24) is 9.97 Å². The Balaban J connectivity index is 1.23. The molecule has 0 aliphatic heterocycles. The molecular formula is C43H30N2. The zero-order chi connectivity index (χ0) is 30.1. The lowest BCUT2D eigenvalue weighted by Crippen LogP contribution is -2.14. The van der Waals surface area contributed by atoms with Gasteiger partial charge >= 0.3 is 0 Å². The summed E-state index contributed by atoms with van der Waals surface area (Å²) < 4.78 is 0. The van der Waals surface area contributed by atoms with Gasteiger partial charge in [0, 0.05) is 39.9 Å². The first-order valence-electron chi connectivity index (χ1n) is 15.6. The van der Waals surface area contributed by atoms with Crippen LogP contribution in [0.15, 0.2) is 146 Å². The average Bonchev–Trinajstić information content (AvgIpc) is 3.32. The molecule has 45 heavy (non-hydrogen) atoms. The normalized spacial score (nSPS) is 13.3. The SMILES string of the molecule is CC1(C)c2ccccc2-c2ccc(-c3c4ccccc4c(-c4ccc(-c5cnc6ccccc6c5)cn4)c4ccccc34)cc21. The van der Waals surface area contributed by atoms with Gasteiger partial charge in [0.05, 0.1) is 11.2 Å². The largest absolute Gasteiger partial charge is 0.256 e. The van der Waals surface area contributed by atoms with Crippen LogP contribution in [-0.4, -0.2) is 9.97 Å². The Morgan fingerprint density at radius 2 is 1.04 bits per heavy atom. The third kappa shape index (κ3) is 3.89. The Morgan fingerprint density at radius 1 is 0.444 bits per heavy atom. The molecule has 212 valence electrons. The van der Waals surface area contributed by atoms with Crippen LogP contribution in [0.3, 0.4) is 0 Å². The molecule has 8 aromatic rings. The lowest BCUT2D eigenvalue weighted by Gasteiger charge is -2.23. The van der Waals surface area contributed by atoms with Crippen molar-refractivity contribution in [2.45, 2.75) is 19.3 Å². The summed E-state index contributed by atoms with van der Waals surface area (Å²) in [7, 11) is 0. The Morgan fingerprint density at radius 3 is 1.78 bits per heavy atom. The number of hydrogen-bond acceptors (Lipinski definition) is 2. The smallest absolute Gasteiger partial charge is 0.0714 e. The van der Waals surface area contributed by atoms with E-state index in [0.717, 1.165) is 27.7 Å². The van der Waals surface area contributed by atoms with Crippen molar-refractivity contribution in [3.05, 3.63) is 157 Å². The second kappa shape index (κ2) is 9.70. The zero-order valence-corrected chi connectivity index (χ0v) is 25.3. The van der Waals surface area contributed by atoms with Crippen molar-refractivity contribution in [1.29, 1.82) is 0 Å². The third-order valence-electron chi connectivity index (χ3n) is 9.75. The van der Waals surface area contributed by atoms with E-state index in [9.17, 15) is 0 Å². The van der Waals surface area contributed by atoms with Crippen molar-refractivity contribution in [3.8, 4) is 44.6 Å². The van der Waals surface area contributed by atoms with Crippen molar-refractivity contribution >= 4 is 32.4 Å². The highest BCUT2D eigenvalue weighted by atomic mass is 14.7. The van der Waals surface area contributed by atoms with Crippen molar-refractivity contribution in [3.63, 3.8) is 0 Å². The molecule has 0 N–H and O–H groups in total. The summed E-state index contributed by atoms with van der Waals surface area (Å²) >= 11 is 0. The van der Waals surface area contributed by atoms with E-state index < -0.39 is 0 Å². The number of benzene rings is 6. The zero-order valence-electron chi connectivity index (χ0n) is 25.3. The van der Waals surface area contributed by atoms with E-state index in [1.165, 1.54) is 60.5 Å². The molecule has 2 aromatic heterocycles. The molecule has 0 spiro atoms. The predicted molar refractivity (Wildman–Crippen MR) is 188 cm³/mol. The van der Waals surface area contributed by atoms with Crippen LogP contribution in [0.25, 0.3) is 77.1 Å². The molecule has 0 amide bonds. The number of para-hydroxylation sites is 1. The number of hydrogen-bond donors (Lipinski definition) is 0. The van der Waals surface area contributed by atoms with Crippen LogP contribution >= 0.6 is 0 Å². The van der Waals surface area contributed by atoms with Crippen molar-refractivity contribution in [2.75, 3.05) is 0 Å². The molecule has 0 unspecified atom stereocenters. The van der Waals surface area contributed by atoms with Gasteiger partial charge in [-0.05, 0) is 79.2 Å². The molecular weight excluding hydrogens is 544 g/mol. The van der Waals surface area contributed by atoms with Gasteiger partial charge in [-0.25, -0.2) is 0 Å². The monoisotopic (exact) mass is 574 g/mol. The molecule has 0 saturated carbocycles. The number of aromatic nitrogens is 2. The number of fused-ring (bicyclic) bond motifs is 6. The Labute approximate surface area is 262 Å². The fraction of sp³-hybridized carbons (Fsp3) is 0.0698. The molecule has 2 nitrogen and oxygen atoms in total. The van der Waals surface area contributed by atoms with Gasteiger partial charge in [0.15, 0.2) is 0 Å². The van der Waals surface area contributed by atoms with Crippen molar-refractivity contribution in [2.24, 2.45) is 0 Å². The highest BCUT2D eigenvalue weighted by molar-refractivity contribution is 6.21. The highest BCUT2D eigenvalue weighted by Gasteiger charge is 2.35. The van der Waals surface area contributed by atoms with E-state index in [1.54, 1.807) is 0 Å². The van der Waals surface area contributed by atoms with Crippen molar-refractivity contribution < 1.29 is 0 Å². The molecule has 1 aliphatic carbocycles. The summed E-state index contributed by atoms with van der Waals surface area (Å²) in [6, 6.07) is 48.3. The quantitative estimate of drug-likeness (QED) is 0.196. The topological polar surface area (TPSA) is 25.8 Å². The molecule has 0 atom stereocenters. The minimum Gasteiger partial charge on any atom is -0.256 e.